The maximum Gasteiger partial charge on any atom is 0.225 e. The van der Waals surface area contributed by atoms with Crippen molar-refractivity contribution in [2.75, 3.05) is 44.4 Å². The van der Waals surface area contributed by atoms with E-state index in [2.05, 4.69) is 9.97 Å². The van der Waals surface area contributed by atoms with Crippen molar-refractivity contribution in [1.82, 2.24) is 9.97 Å². The molecule has 1 aliphatic heterocycles. The van der Waals surface area contributed by atoms with Crippen LogP contribution in [-0.4, -0.2) is 49.4 Å². The number of morpholine rings is 1. The molecule has 0 aliphatic carbocycles. The van der Waals surface area contributed by atoms with E-state index < -0.39 is 0 Å². The number of anilines is 1. The summed E-state index contributed by atoms with van der Waals surface area (Å²) in [5.74, 6) is 1.14. The summed E-state index contributed by atoms with van der Waals surface area (Å²) in [7, 11) is 0. The minimum absolute atomic E-state index is 0. The van der Waals surface area contributed by atoms with Crippen molar-refractivity contribution in [2.45, 2.75) is 0 Å². The molecule has 0 spiro atoms. The topological polar surface area (TPSA) is 73.5 Å². The highest BCUT2D eigenvalue weighted by atomic mass is 35.5. The molecule has 0 saturated carbocycles. The van der Waals surface area contributed by atoms with Gasteiger partial charge in [0.25, 0.3) is 0 Å². The van der Waals surface area contributed by atoms with Gasteiger partial charge >= 0.3 is 0 Å². The third-order valence-electron chi connectivity index (χ3n) is 2.75. The molecule has 0 amide bonds. The summed E-state index contributed by atoms with van der Waals surface area (Å²) < 4.78 is 22.9. The molecule has 1 aliphatic rings. The smallest absolute Gasteiger partial charge is 0.225 e. The first-order valence-corrected chi connectivity index (χ1v) is 6.09. The van der Waals surface area contributed by atoms with Crippen LogP contribution in [0.15, 0.2) is 24.3 Å². The van der Waals surface area contributed by atoms with Crippen molar-refractivity contribution in [3.05, 3.63) is 24.3 Å². The van der Waals surface area contributed by atoms with Crippen LogP contribution in [0.25, 0.3) is 0 Å². The van der Waals surface area contributed by atoms with Crippen LogP contribution in [0.2, 0.25) is 0 Å². The van der Waals surface area contributed by atoms with Gasteiger partial charge in [-0.15, -0.1) is 12.4 Å². The van der Waals surface area contributed by atoms with Gasteiger partial charge in [0.2, 0.25) is 5.95 Å². The molecule has 1 aromatic rings. The van der Waals surface area contributed by atoms with Crippen molar-refractivity contribution >= 4 is 18.4 Å². The Morgan fingerprint density at radius 3 is 2.60 bits per heavy atom. The number of hydrogen-bond acceptors (Lipinski definition) is 6. The Hall–Kier alpha value is -1.44. The maximum absolute atomic E-state index is 12.3. The van der Waals surface area contributed by atoms with E-state index in [9.17, 15) is 4.39 Å². The van der Waals surface area contributed by atoms with Gasteiger partial charge in [-0.25, -0.2) is 14.4 Å². The largest absolute Gasteiger partial charge is 0.486 e. The standard InChI is InChI=1S/C12H17FN4O2.ClH/c13-5-10(6-14)9-19-11-7-15-12(16-8-11)17-1-3-18-4-2-17;/h5,7-8H,1-4,6,9,14H2;1H/b10-5+;. The zero-order valence-corrected chi connectivity index (χ0v) is 11.8. The van der Waals surface area contributed by atoms with Crippen LogP contribution in [-0.2, 0) is 4.74 Å². The molecule has 1 saturated heterocycles. The Kier molecular flexibility index (Phi) is 7.21. The minimum atomic E-state index is 0. The van der Waals surface area contributed by atoms with Crippen molar-refractivity contribution in [1.29, 1.82) is 0 Å². The van der Waals surface area contributed by atoms with Crippen LogP contribution < -0.4 is 15.4 Å². The van der Waals surface area contributed by atoms with Crippen molar-refractivity contribution in [2.24, 2.45) is 5.73 Å². The predicted molar refractivity (Wildman–Crippen MR) is 76.1 cm³/mol. The first kappa shape index (κ1) is 16.6. The normalized spacial score (nSPS) is 15.7. The SMILES string of the molecule is Cl.NC/C(=C\F)COc1cnc(N2CCOCC2)nc1. The van der Waals surface area contributed by atoms with Crippen molar-refractivity contribution < 1.29 is 13.9 Å². The monoisotopic (exact) mass is 304 g/mol. The van der Waals surface area contributed by atoms with Crippen LogP contribution in [0.3, 0.4) is 0 Å². The summed E-state index contributed by atoms with van der Waals surface area (Å²) >= 11 is 0. The quantitative estimate of drug-likeness (QED) is 0.872. The van der Waals surface area contributed by atoms with E-state index in [1.54, 1.807) is 12.4 Å². The lowest BCUT2D eigenvalue weighted by Gasteiger charge is -2.26. The first-order valence-electron chi connectivity index (χ1n) is 6.09. The molecule has 0 unspecified atom stereocenters. The molecule has 0 bridgehead atoms. The molecule has 0 aromatic carbocycles. The molecular formula is C12H18ClFN4O2. The Balaban J connectivity index is 0.00000200. The fourth-order valence-electron chi connectivity index (χ4n) is 1.62. The molecule has 112 valence electrons. The predicted octanol–water partition coefficient (Wildman–Crippen LogP) is 0.926. The summed E-state index contributed by atoms with van der Waals surface area (Å²) in [6, 6.07) is 0. The number of rotatable bonds is 5. The fraction of sp³-hybridized carbons (Fsp3) is 0.500. The molecule has 1 fully saturated rings. The van der Waals surface area contributed by atoms with Crippen LogP contribution in [0, 0.1) is 0 Å². The lowest BCUT2D eigenvalue weighted by atomic mass is 10.3. The van der Waals surface area contributed by atoms with Crippen LogP contribution >= 0.6 is 12.4 Å². The van der Waals surface area contributed by atoms with Gasteiger partial charge < -0.3 is 20.1 Å². The van der Waals surface area contributed by atoms with Gasteiger partial charge in [-0.3, -0.25) is 0 Å². The zero-order valence-electron chi connectivity index (χ0n) is 11.0. The molecule has 0 radical (unpaired) electrons. The highest BCUT2D eigenvalue weighted by molar-refractivity contribution is 5.85. The second-order valence-electron chi connectivity index (χ2n) is 4.08. The van der Waals surface area contributed by atoms with E-state index in [4.69, 9.17) is 15.2 Å². The van der Waals surface area contributed by atoms with E-state index in [0.29, 0.717) is 36.8 Å². The molecule has 2 heterocycles. The first-order chi connectivity index (χ1) is 9.33. The van der Waals surface area contributed by atoms with Crippen LogP contribution in [0.1, 0.15) is 0 Å². The lowest BCUT2D eigenvalue weighted by molar-refractivity contribution is 0.122. The van der Waals surface area contributed by atoms with Crippen molar-refractivity contribution in [3.8, 4) is 5.75 Å². The minimum Gasteiger partial charge on any atom is -0.486 e. The summed E-state index contributed by atoms with van der Waals surface area (Å²) in [6.45, 7) is 3.16. The van der Waals surface area contributed by atoms with E-state index in [0.717, 1.165) is 13.1 Å². The molecule has 6 nitrogen and oxygen atoms in total. The van der Waals surface area contributed by atoms with Gasteiger partial charge in [0.05, 0.1) is 31.9 Å². The van der Waals surface area contributed by atoms with Gasteiger partial charge in [0.15, 0.2) is 5.75 Å². The molecule has 0 atom stereocenters. The third kappa shape index (κ3) is 4.59. The molecule has 2 N–H and O–H groups in total. The second kappa shape index (κ2) is 8.68. The van der Waals surface area contributed by atoms with Crippen molar-refractivity contribution in [3.63, 3.8) is 0 Å². The molecule has 2 rings (SSSR count). The summed E-state index contributed by atoms with van der Waals surface area (Å²) in [5.41, 5.74) is 5.72. The maximum atomic E-state index is 12.3. The summed E-state index contributed by atoms with van der Waals surface area (Å²) in [6.07, 6.45) is 3.61. The number of halogens is 2. The Morgan fingerprint density at radius 2 is 2.05 bits per heavy atom. The highest BCUT2D eigenvalue weighted by Gasteiger charge is 2.13. The zero-order chi connectivity index (χ0) is 13.5. The Morgan fingerprint density at radius 1 is 1.40 bits per heavy atom. The fourth-order valence-corrected chi connectivity index (χ4v) is 1.62. The highest BCUT2D eigenvalue weighted by Crippen LogP contribution is 2.13. The average molecular weight is 305 g/mol. The number of aromatic nitrogens is 2. The van der Waals surface area contributed by atoms with Gasteiger partial charge in [-0.1, -0.05) is 0 Å². The molecule has 20 heavy (non-hydrogen) atoms. The van der Waals surface area contributed by atoms with Crippen LogP contribution in [0.4, 0.5) is 10.3 Å². The summed E-state index contributed by atoms with van der Waals surface area (Å²) in [5, 5.41) is 0. The molecule has 8 heteroatoms. The van der Waals surface area contributed by atoms with Gasteiger partial charge in [-0.05, 0) is 0 Å². The Labute approximate surface area is 123 Å². The van der Waals surface area contributed by atoms with Gasteiger partial charge in [0, 0.05) is 25.2 Å². The van der Waals surface area contributed by atoms with E-state index in [-0.39, 0.29) is 25.6 Å². The van der Waals surface area contributed by atoms with E-state index in [1.807, 2.05) is 4.90 Å². The van der Waals surface area contributed by atoms with Gasteiger partial charge in [0.1, 0.15) is 6.61 Å². The number of ether oxygens (including phenoxy) is 2. The number of nitrogens with zero attached hydrogens (tertiary/aromatic N) is 3. The lowest BCUT2D eigenvalue weighted by Crippen LogP contribution is -2.37. The van der Waals surface area contributed by atoms with E-state index >= 15 is 0 Å². The molecular weight excluding hydrogens is 287 g/mol. The molecule has 1 aromatic heterocycles. The second-order valence-corrected chi connectivity index (χ2v) is 4.08. The van der Waals surface area contributed by atoms with Gasteiger partial charge in [-0.2, -0.15) is 0 Å². The number of hydrogen-bond donors (Lipinski definition) is 1. The van der Waals surface area contributed by atoms with Crippen LogP contribution in [0.5, 0.6) is 5.75 Å². The summed E-state index contributed by atoms with van der Waals surface area (Å²) in [4.78, 5) is 10.5. The average Bonchev–Trinajstić information content (AvgIpc) is 2.50. The number of nitrogens with two attached hydrogens (primary N) is 1. The van der Waals surface area contributed by atoms with E-state index in [1.165, 1.54) is 0 Å². The Bertz CT molecular complexity index is 424. The third-order valence-corrected chi connectivity index (χ3v) is 2.75.